The molecule has 6 nitrogen and oxygen atoms in total. The molecule has 100 valence electrons. The van der Waals surface area contributed by atoms with Crippen molar-refractivity contribution in [2.75, 3.05) is 6.61 Å². The number of halogens is 1. The van der Waals surface area contributed by atoms with Crippen molar-refractivity contribution in [1.29, 1.82) is 0 Å². The van der Waals surface area contributed by atoms with Crippen LogP contribution in [0.2, 0.25) is 0 Å². The van der Waals surface area contributed by atoms with Gasteiger partial charge in [-0.25, -0.2) is 8.42 Å². The predicted octanol–water partition coefficient (Wildman–Crippen LogP) is 0.999. The molecule has 1 aromatic heterocycles. The third-order valence-electron chi connectivity index (χ3n) is 2.34. The van der Waals surface area contributed by atoms with Gasteiger partial charge in [-0.2, -0.15) is 0 Å². The normalized spacial score (nSPS) is 19.9. The van der Waals surface area contributed by atoms with Gasteiger partial charge in [0.2, 0.25) is 0 Å². The lowest BCUT2D eigenvalue weighted by molar-refractivity contribution is -0.130. The van der Waals surface area contributed by atoms with Gasteiger partial charge in [0, 0.05) is 6.61 Å². The zero-order chi connectivity index (χ0) is 13.2. The summed E-state index contributed by atoms with van der Waals surface area (Å²) in [5.74, 6) is -0.466. The van der Waals surface area contributed by atoms with Gasteiger partial charge < -0.3 is 4.74 Å². The first-order valence-electron chi connectivity index (χ1n) is 5.17. The van der Waals surface area contributed by atoms with Crippen molar-refractivity contribution in [3.63, 3.8) is 0 Å². The van der Waals surface area contributed by atoms with Crippen molar-refractivity contribution in [3.8, 4) is 0 Å². The van der Waals surface area contributed by atoms with Gasteiger partial charge in [0.25, 0.3) is 15.9 Å². The van der Waals surface area contributed by atoms with Crippen LogP contribution < -0.4 is 10.3 Å². The summed E-state index contributed by atoms with van der Waals surface area (Å²) in [6.07, 6.45) is 0.851. The fourth-order valence-corrected chi connectivity index (χ4v) is 4.33. The van der Waals surface area contributed by atoms with E-state index in [1.54, 1.807) is 6.07 Å². The Morgan fingerprint density at radius 1 is 1.50 bits per heavy atom. The first kappa shape index (κ1) is 13.9. The quantitative estimate of drug-likeness (QED) is 0.790. The maximum absolute atomic E-state index is 11.8. The number of hydrazine groups is 1. The van der Waals surface area contributed by atoms with E-state index in [2.05, 4.69) is 21.4 Å². The first-order chi connectivity index (χ1) is 8.49. The number of carbonyl (C=O) groups is 1. The molecule has 1 saturated heterocycles. The Labute approximate surface area is 117 Å². The van der Waals surface area contributed by atoms with Crippen LogP contribution in [-0.4, -0.2) is 27.0 Å². The van der Waals surface area contributed by atoms with Gasteiger partial charge in [0.05, 0.1) is 3.79 Å². The van der Waals surface area contributed by atoms with Crippen LogP contribution in [0.15, 0.2) is 20.1 Å². The largest absolute Gasteiger partial charge is 0.368 e. The van der Waals surface area contributed by atoms with E-state index in [1.807, 2.05) is 4.83 Å². The van der Waals surface area contributed by atoms with Crippen molar-refractivity contribution in [2.24, 2.45) is 0 Å². The molecular formula is C9H11BrN2O4S2. The van der Waals surface area contributed by atoms with E-state index in [1.165, 1.54) is 6.07 Å². The molecule has 1 amide bonds. The van der Waals surface area contributed by atoms with Gasteiger partial charge in [-0.1, -0.05) is 0 Å². The fraction of sp³-hybridized carbons (Fsp3) is 0.444. The maximum Gasteiger partial charge on any atom is 0.266 e. The molecular weight excluding hydrogens is 344 g/mol. The number of rotatable bonds is 4. The molecule has 0 saturated carbocycles. The Balaban J connectivity index is 1.95. The number of sulfonamides is 1. The smallest absolute Gasteiger partial charge is 0.266 e. The van der Waals surface area contributed by atoms with Crippen LogP contribution in [0.5, 0.6) is 0 Å². The van der Waals surface area contributed by atoms with Gasteiger partial charge in [-0.05, 0) is 40.9 Å². The zero-order valence-corrected chi connectivity index (χ0v) is 12.4. The fourth-order valence-electron chi connectivity index (χ4n) is 1.47. The molecule has 9 heteroatoms. The molecule has 0 spiro atoms. The summed E-state index contributed by atoms with van der Waals surface area (Å²) < 4.78 is 29.5. The minimum Gasteiger partial charge on any atom is -0.368 e. The Morgan fingerprint density at radius 2 is 2.28 bits per heavy atom. The molecule has 2 heterocycles. The standard InChI is InChI=1S/C9H11BrN2O4S2/c10-7-3-4-8(17-7)18(14,15)12-11-9(13)6-2-1-5-16-6/h3-4,6,12H,1-2,5H2,(H,11,13). The minimum absolute atomic E-state index is 0.127. The third kappa shape index (κ3) is 3.29. The molecule has 0 radical (unpaired) electrons. The number of ether oxygens (including phenoxy) is 1. The monoisotopic (exact) mass is 354 g/mol. The Morgan fingerprint density at radius 3 is 2.83 bits per heavy atom. The Kier molecular flexibility index (Phi) is 4.38. The van der Waals surface area contributed by atoms with E-state index in [9.17, 15) is 13.2 Å². The summed E-state index contributed by atoms with van der Waals surface area (Å²) in [4.78, 5) is 13.6. The molecule has 1 fully saturated rings. The van der Waals surface area contributed by atoms with Crippen LogP contribution in [-0.2, 0) is 19.6 Å². The van der Waals surface area contributed by atoms with Crippen LogP contribution in [0.1, 0.15) is 12.8 Å². The molecule has 1 aromatic rings. The van der Waals surface area contributed by atoms with Gasteiger partial charge >= 0.3 is 0 Å². The highest BCUT2D eigenvalue weighted by Gasteiger charge is 2.25. The molecule has 0 aromatic carbocycles. The molecule has 18 heavy (non-hydrogen) atoms. The molecule has 1 unspecified atom stereocenters. The molecule has 2 N–H and O–H groups in total. The van der Waals surface area contributed by atoms with Crippen molar-refractivity contribution >= 4 is 43.2 Å². The summed E-state index contributed by atoms with van der Waals surface area (Å²) in [6.45, 7) is 0.530. The molecule has 2 rings (SSSR count). The highest BCUT2D eigenvalue weighted by molar-refractivity contribution is 9.11. The summed E-state index contributed by atoms with van der Waals surface area (Å²) in [7, 11) is -3.71. The Bertz CT molecular complexity index is 537. The second-order valence-corrected chi connectivity index (χ2v) is 8.03. The van der Waals surface area contributed by atoms with Crippen LogP contribution in [0, 0.1) is 0 Å². The van der Waals surface area contributed by atoms with Gasteiger partial charge in [-0.15, -0.1) is 16.2 Å². The molecule has 0 bridgehead atoms. The molecule has 0 aliphatic carbocycles. The average Bonchev–Trinajstić information content (AvgIpc) is 2.96. The van der Waals surface area contributed by atoms with Crippen molar-refractivity contribution in [1.82, 2.24) is 10.3 Å². The topological polar surface area (TPSA) is 84.5 Å². The lowest BCUT2D eigenvalue weighted by atomic mass is 10.2. The highest BCUT2D eigenvalue weighted by atomic mass is 79.9. The van der Waals surface area contributed by atoms with E-state index < -0.39 is 22.0 Å². The van der Waals surface area contributed by atoms with Gasteiger partial charge in [0.1, 0.15) is 10.3 Å². The summed E-state index contributed by atoms with van der Waals surface area (Å²) in [6, 6.07) is 3.08. The van der Waals surface area contributed by atoms with Crippen LogP contribution in [0.4, 0.5) is 0 Å². The highest BCUT2D eigenvalue weighted by Crippen LogP contribution is 2.25. The van der Waals surface area contributed by atoms with Gasteiger partial charge in [-0.3, -0.25) is 10.2 Å². The molecule has 1 aliphatic rings. The molecule has 1 aliphatic heterocycles. The van der Waals surface area contributed by atoms with Crippen LogP contribution >= 0.6 is 27.3 Å². The number of amides is 1. The van der Waals surface area contributed by atoms with E-state index >= 15 is 0 Å². The second kappa shape index (κ2) is 5.66. The van der Waals surface area contributed by atoms with Crippen LogP contribution in [0.25, 0.3) is 0 Å². The van der Waals surface area contributed by atoms with Crippen molar-refractivity contribution in [3.05, 3.63) is 15.9 Å². The van der Waals surface area contributed by atoms with E-state index in [4.69, 9.17) is 4.74 Å². The first-order valence-corrected chi connectivity index (χ1v) is 8.27. The predicted molar refractivity (Wildman–Crippen MR) is 69.5 cm³/mol. The maximum atomic E-state index is 11.8. The second-order valence-electron chi connectivity index (χ2n) is 3.65. The Hall–Kier alpha value is -0.480. The summed E-state index contributed by atoms with van der Waals surface area (Å²) in [5, 5.41) is 0. The minimum atomic E-state index is -3.71. The number of hydrogen-bond donors (Lipinski definition) is 2. The van der Waals surface area contributed by atoms with E-state index in [0.717, 1.165) is 17.8 Å². The van der Waals surface area contributed by atoms with E-state index in [0.29, 0.717) is 16.8 Å². The van der Waals surface area contributed by atoms with Gasteiger partial charge in [0.15, 0.2) is 0 Å². The van der Waals surface area contributed by atoms with Crippen molar-refractivity contribution in [2.45, 2.75) is 23.2 Å². The average molecular weight is 355 g/mol. The van der Waals surface area contributed by atoms with Crippen LogP contribution in [0.3, 0.4) is 0 Å². The zero-order valence-electron chi connectivity index (χ0n) is 9.18. The SMILES string of the molecule is O=C(NNS(=O)(=O)c1ccc(Br)s1)C1CCCO1. The van der Waals surface area contributed by atoms with E-state index in [-0.39, 0.29) is 4.21 Å². The summed E-state index contributed by atoms with van der Waals surface area (Å²) >= 11 is 4.24. The number of hydrogen-bond acceptors (Lipinski definition) is 5. The lowest BCUT2D eigenvalue weighted by Crippen LogP contribution is -2.45. The number of nitrogens with one attached hydrogen (secondary N) is 2. The lowest BCUT2D eigenvalue weighted by Gasteiger charge is -2.10. The summed E-state index contributed by atoms with van der Waals surface area (Å²) in [5.41, 5.74) is 2.16. The molecule has 1 atom stereocenters. The van der Waals surface area contributed by atoms with Crippen molar-refractivity contribution < 1.29 is 17.9 Å². The third-order valence-corrected chi connectivity index (χ3v) is 5.71. The number of thiophene rings is 1. The number of carbonyl (C=O) groups excluding carboxylic acids is 1.